The summed E-state index contributed by atoms with van der Waals surface area (Å²) in [6.45, 7) is 4.73. The second-order valence-electron chi connectivity index (χ2n) is 6.98. The van der Waals surface area contributed by atoms with Gasteiger partial charge in [-0.15, -0.1) is 0 Å². The third-order valence-corrected chi connectivity index (χ3v) is 5.20. The van der Waals surface area contributed by atoms with Gasteiger partial charge in [0.2, 0.25) is 21.7 Å². The molecule has 0 saturated carbocycles. The highest BCUT2D eigenvalue weighted by Gasteiger charge is 2.42. The number of ketones is 1. The van der Waals surface area contributed by atoms with E-state index in [0.29, 0.717) is 28.1 Å². The molecule has 0 radical (unpaired) electrons. The molecule has 1 aliphatic rings. The molecule has 146 valence electrons. The average molecular weight is 400 g/mol. The summed E-state index contributed by atoms with van der Waals surface area (Å²) >= 11 is 0. The number of sulfonamides is 1. The summed E-state index contributed by atoms with van der Waals surface area (Å²) in [6.07, 6.45) is 0. The number of primary sulfonamides is 1. The number of anilines is 1. The van der Waals surface area contributed by atoms with Gasteiger partial charge in [-0.05, 0) is 55.8 Å². The fraction of sp³-hybridized carbons (Fsp3) is 0.200. The van der Waals surface area contributed by atoms with E-state index in [1.165, 1.54) is 19.1 Å². The smallest absolute Gasteiger partial charge is 0.238 e. The van der Waals surface area contributed by atoms with Gasteiger partial charge in [-0.2, -0.15) is 0 Å². The molecule has 28 heavy (non-hydrogen) atoms. The molecule has 3 N–H and O–H groups in total. The van der Waals surface area contributed by atoms with Crippen LogP contribution in [0.3, 0.4) is 0 Å². The van der Waals surface area contributed by atoms with Crippen LogP contribution in [0.15, 0.2) is 53.4 Å². The third kappa shape index (κ3) is 3.83. The number of carbonyl (C=O) groups excluding carboxylic acids is 2. The molecule has 2 aromatic carbocycles. The average Bonchev–Trinajstić information content (AvgIpc) is 2.84. The summed E-state index contributed by atoms with van der Waals surface area (Å²) in [5.41, 5.74) is 0.978. The van der Waals surface area contributed by atoms with Crippen molar-refractivity contribution in [3.05, 3.63) is 59.7 Å². The molecule has 0 aromatic heterocycles. The fourth-order valence-corrected chi connectivity index (χ4v) is 3.49. The van der Waals surface area contributed by atoms with Gasteiger partial charge >= 0.3 is 0 Å². The topological polar surface area (TPSA) is 116 Å². The van der Waals surface area contributed by atoms with Gasteiger partial charge in [0, 0.05) is 18.2 Å². The first-order chi connectivity index (χ1) is 13.0. The Morgan fingerprint density at radius 2 is 1.71 bits per heavy atom. The lowest BCUT2D eigenvalue weighted by Gasteiger charge is -2.17. The number of Topliss-reactive ketones (excluding diaryl/α,β-unsaturated/α-hetero) is 1. The molecule has 0 fully saturated rings. The van der Waals surface area contributed by atoms with Crippen LogP contribution in [0.5, 0.6) is 0 Å². The highest BCUT2D eigenvalue weighted by Crippen LogP contribution is 2.41. The van der Waals surface area contributed by atoms with E-state index in [1.807, 2.05) is 0 Å². The van der Waals surface area contributed by atoms with Crippen LogP contribution in [0, 0.1) is 0 Å². The van der Waals surface area contributed by atoms with Gasteiger partial charge in [0.15, 0.2) is 5.60 Å². The number of ether oxygens (including phenoxy) is 1. The Bertz CT molecular complexity index is 1100. The largest absolute Gasteiger partial charge is 0.478 e. The predicted octanol–water partition coefficient (Wildman–Crippen LogP) is 2.54. The van der Waals surface area contributed by atoms with E-state index in [2.05, 4.69) is 5.32 Å². The molecule has 0 unspecified atom stereocenters. The lowest BCUT2D eigenvalue weighted by Crippen LogP contribution is -2.29. The van der Waals surface area contributed by atoms with Crippen LogP contribution >= 0.6 is 0 Å². The Morgan fingerprint density at radius 3 is 2.29 bits per heavy atom. The molecule has 0 bridgehead atoms. The second kappa shape index (κ2) is 6.88. The first-order valence-corrected chi connectivity index (χ1v) is 10.0. The van der Waals surface area contributed by atoms with Crippen LogP contribution < -0.4 is 10.5 Å². The zero-order valence-electron chi connectivity index (χ0n) is 15.6. The molecule has 1 aliphatic heterocycles. The molecule has 0 saturated heterocycles. The van der Waals surface area contributed by atoms with Crippen LogP contribution in [0.2, 0.25) is 0 Å². The van der Waals surface area contributed by atoms with Gasteiger partial charge < -0.3 is 10.1 Å². The zero-order valence-corrected chi connectivity index (χ0v) is 16.5. The van der Waals surface area contributed by atoms with E-state index in [4.69, 9.17) is 9.88 Å². The Hall–Kier alpha value is -2.97. The van der Waals surface area contributed by atoms with Gasteiger partial charge in [-0.1, -0.05) is 12.1 Å². The highest BCUT2D eigenvalue weighted by molar-refractivity contribution is 7.89. The number of amides is 1. The second-order valence-corrected chi connectivity index (χ2v) is 8.54. The molecule has 1 heterocycles. The van der Waals surface area contributed by atoms with Crippen LogP contribution in [0.1, 0.15) is 31.9 Å². The lowest BCUT2D eigenvalue weighted by molar-refractivity contribution is -0.125. The van der Waals surface area contributed by atoms with Crippen molar-refractivity contribution >= 4 is 38.7 Å². The molecule has 8 heteroatoms. The minimum atomic E-state index is -3.82. The quantitative estimate of drug-likeness (QED) is 0.818. The van der Waals surface area contributed by atoms with Crippen molar-refractivity contribution < 1.29 is 22.7 Å². The van der Waals surface area contributed by atoms with Crippen molar-refractivity contribution in [1.29, 1.82) is 0 Å². The lowest BCUT2D eigenvalue weighted by atomic mass is 9.92. The maximum Gasteiger partial charge on any atom is 0.238 e. The molecule has 0 spiro atoms. The van der Waals surface area contributed by atoms with Gasteiger partial charge in [-0.3, -0.25) is 9.59 Å². The molecule has 2 aromatic rings. The summed E-state index contributed by atoms with van der Waals surface area (Å²) in [6, 6.07) is 12.7. The molecular weight excluding hydrogens is 380 g/mol. The maximum atomic E-state index is 13.0. The summed E-state index contributed by atoms with van der Waals surface area (Å²) in [5, 5.41) is 7.83. The van der Waals surface area contributed by atoms with E-state index in [0.717, 1.165) is 0 Å². The van der Waals surface area contributed by atoms with Crippen molar-refractivity contribution in [3.8, 4) is 0 Å². The Kier molecular flexibility index (Phi) is 4.86. The van der Waals surface area contributed by atoms with E-state index in [9.17, 15) is 18.0 Å². The molecule has 0 atom stereocenters. The van der Waals surface area contributed by atoms with Gasteiger partial charge in [0.1, 0.15) is 5.76 Å². The Labute approximate surface area is 163 Å². The predicted molar refractivity (Wildman–Crippen MR) is 106 cm³/mol. The summed E-state index contributed by atoms with van der Waals surface area (Å²) < 4.78 is 28.9. The van der Waals surface area contributed by atoms with Crippen LogP contribution in [0.4, 0.5) is 5.69 Å². The van der Waals surface area contributed by atoms with Gasteiger partial charge in [-0.25, -0.2) is 13.6 Å². The number of nitrogens with two attached hydrogens (primary N) is 1. The Balaban J connectivity index is 2.14. The number of carbonyl (C=O) groups is 2. The summed E-state index contributed by atoms with van der Waals surface area (Å²) in [7, 11) is -3.82. The van der Waals surface area contributed by atoms with Crippen LogP contribution in [0.25, 0.3) is 11.3 Å². The maximum absolute atomic E-state index is 13.0. The van der Waals surface area contributed by atoms with Crippen molar-refractivity contribution in [1.82, 2.24) is 0 Å². The van der Waals surface area contributed by atoms with Crippen LogP contribution in [-0.4, -0.2) is 25.7 Å². The number of rotatable bonds is 4. The van der Waals surface area contributed by atoms with E-state index >= 15 is 0 Å². The van der Waals surface area contributed by atoms with Crippen molar-refractivity contribution in [2.24, 2.45) is 5.14 Å². The fourth-order valence-electron chi connectivity index (χ4n) is 2.97. The number of nitrogens with one attached hydrogen (secondary N) is 1. The molecule has 1 amide bonds. The summed E-state index contributed by atoms with van der Waals surface area (Å²) in [4.78, 5) is 24.3. The van der Waals surface area contributed by atoms with E-state index < -0.39 is 15.6 Å². The molecule has 7 nitrogen and oxygen atoms in total. The highest BCUT2D eigenvalue weighted by atomic mass is 32.2. The first kappa shape index (κ1) is 19.8. The van der Waals surface area contributed by atoms with E-state index in [-0.39, 0.29) is 16.6 Å². The third-order valence-electron chi connectivity index (χ3n) is 4.27. The number of benzene rings is 2. The van der Waals surface area contributed by atoms with Crippen molar-refractivity contribution in [3.63, 3.8) is 0 Å². The van der Waals surface area contributed by atoms with Gasteiger partial charge in [0.05, 0.1) is 10.5 Å². The number of hydrogen-bond acceptors (Lipinski definition) is 5. The SMILES string of the molecule is CC(=O)Nc1cccc(C2=C(c3ccc(S(N)(=O)=O)cc3)OC(C)(C)C2=O)c1. The Morgan fingerprint density at radius 1 is 1.07 bits per heavy atom. The minimum absolute atomic E-state index is 0.0327. The minimum Gasteiger partial charge on any atom is -0.478 e. The molecular formula is C20H20N2O5S. The van der Waals surface area contributed by atoms with Crippen molar-refractivity contribution in [2.75, 3.05) is 5.32 Å². The van der Waals surface area contributed by atoms with Crippen LogP contribution in [-0.2, 0) is 24.3 Å². The first-order valence-electron chi connectivity index (χ1n) is 8.48. The van der Waals surface area contributed by atoms with Crippen molar-refractivity contribution in [2.45, 2.75) is 31.3 Å². The monoisotopic (exact) mass is 400 g/mol. The van der Waals surface area contributed by atoms with E-state index in [1.54, 1.807) is 50.2 Å². The zero-order chi connectivity index (χ0) is 20.7. The van der Waals surface area contributed by atoms with Gasteiger partial charge in [0.25, 0.3) is 0 Å². The number of hydrogen-bond donors (Lipinski definition) is 2. The normalized spacial score (nSPS) is 16.1. The molecule has 0 aliphatic carbocycles. The standard InChI is InChI=1S/C20H20N2O5S/c1-12(23)22-15-6-4-5-14(11-15)17-18(27-20(2,3)19(17)24)13-7-9-16(10-8-13)28(21,25)26/h4-11H,1-3H3,(H,22,23)(H2,21,25,26). The summed E-state index contributed by atoms with van der Waals surface area (Å²) in [5.74, 6) is -0.0896. The molecule has 3 rings (SSSR count).